The molecule has 94 valence electrons. The van der Waals surface area contributed by atoms with E-state index in [1.807, 2.05) is 0 Å². The van der Waals surface area contributed by atoms with Gasteiger partial charge in [0.25, 0.3) is 10.0 Å². The standard InChI is InChI=1S/C10H10N4O3S/c11-8-2-4-9(5-3-8)18(16,17)13-14-7-1-6-12-10(14)15/h1-7,13H,11H2. The molecule has 3 N–H and O–H groups in total. The largest absolute Gasteiger partial charge is 0.399 e. The first kappa shape index (κ1) is 12.1. The first-order valence-electron chi connectivity index (χ1n) is 4.91. The number of rotatable bonds is 3. The fourth-order valence-electron chi connectivity index (χ4n) is 1.26. The Bertz CT molecular complexity index is 706. The number of anilines is 1. The Morgan fingerprint density at radius 1 is 1.22 bits per heavy atom. The van der Waals surface area contributed by atoms with Gasteiger partial charge >= 0.3 is 5.69 Å². The molecule has 1 heterocycles. The molecule has 2 aromatic rings. The van der Waals surface area contributed by atoms with Crippen molar-refractivity contribution in [1.29, 1.82) is 0 Å². The molecule has 0 fully saturated rings. The molecule has 0 atom stereocenters. The molecule has 7 nitrogen and oxygen atoms in total. The minimum atomic E-state index is -3.84. The first-order chi connectivity index (χ1) is 8.49. The average Bonchev–Trinajstić information content (AvgIpc) is 2.32. The van der Waals surface area contributed by atoms with Gasteiger partial charge in [-0.1, -0.05) is 0 Å². The van der Waals surface area contributed by atoms with Gasteiger partial charge in [0.2, 0.25) is 0 Å². The molecule has 2 rings (SSSR count). The lowest BCUT2D eigenvalue weighted by Gasteiger charge is -2.09. The summed E-state index contributed by atoms with van der Waals surface area (Å²) in [5.41, 5.74) is 5.21. The number of aromatic nitrogens is 2. The normalized spacial score (nSPS) is 11.1. The molecule has 0 radical (unpaired) electrons. The summed E-state index contributed by atoms with van der Waals surface area (Å²) in [4.78, 5) is 16.8. The van der Waals surface area contributed by atoms with Gasteiger partial charge in [-0.3, -0.25) is 0 Å². The van der Waals surface area contributed by atoms with E-state index in [0.717, 1.165) is 4.68 Å². The van der Waals surface area contributed by atoms with Crippen LogP contribution in [0.5, 0.6) is 0 Å². The van der Waals surface area contributed by atoms with Crippen LogP contribution in [-0.2, 0) is 10.0 Å². The SMILES string of the molecule is Nc1ccc(S(=O)(=O)Nn2cccnc2=O)cc1. The average molecular weight is 266 g/mol. The molecule has 1 aromatic heterocycles. The summed E-state index contributed by atoms with van der Waals surface area (Å²) < 4.78 is 24.6. The third-order valence-electron chi connectivity index (χ3n) is 2.12. The first-order valence-corrected chi connectivity index (χ1v) is 6.39. The molecule has 0 aliphatic heterocycles. The van der Waals surface area contributed by atoms with Crippen molar-refractivity contribution in [2.24, 2.45) is 0 Å². The number of nitrogen functional groups attached to an aromatic ring is 1. The maximum absolute atomic E-state index is 11.9. The van der Waals surface area contributed by atoms with Crippen LogP contribution in [0, 0.1) is 0 Å². The number of nitrogens with zero attached hydrogens (tertiary/aromatic N) is 2. The van der Waals surface area contributed by atoms with Crippen molar-refractivity contribution in [3.05, 3.63) is 53.2 Å². The van der Waals surface area contributed by atoms with E-state index in [1.54, 1.807) is 0 Å². The minimum absolute atomic E-state index is 0.00690. The highest BCUT2D eigenvalue weighted by Crippen LogP contribution is 2.11. The number of nitrogens with two attached hydrogens (primary N) is 1. The zero-order valence-corrected chi connectivity index (χ0v) is 9.96. The summed E-state index contributed by atoms with van der Waals surface area (Å²) >= 11 is 0. The van der Waals surface area contributed by atoms with Gasteiger partial charge in [-0.15, -0.1) is 0 Å². The van der Waals surface area contributed by atoms with Gasteiger partial charge < -0.3 is 5.73 Å². The van der Waals surface area contributed by atoms with Crippen molar-refractivity contribution >= 4 is 15.7 Å². The lowest BCUT2D eigenvalue weighted by molar-refractivity contribution is 0.593. The summed E-state index contributed by atoms with van der Waals surface area (Å²) in [6.07, 6.45) is 2.54. The fourth-order valence-corrected chi connectivity index (χ4v) is 2.25. The number of hydrogen-bond donors (Lipinski definition) is 2. The lowest BCUT2D eigenvalue weighted by atomic mass is 10.3. The van der Waals surface area contributed by atoms with Crippen molar-refractivity contribution in [1.82, 2.24) is 9.66 Å². The predicted octanol–water partition coefficient (Wildman–Crippen LogP) is -0.242. The second kappa shape index (κ2) is 4.49. The number of nitrogens with one attached hydrogen (secondary N) is 1. The third kappa shape index (κ3) is 2.48. The van der Waals surface area contributed by atoms with Crippen LogP contribution in [0.15, 0.2) is 52.4 Å². The van der Waals surface area contributed by atoms with E-state index in [2.05, 4.69) is 9.82 Å². The van der Waals surface area contributed by atoms with Crippen LogP contribution in [0.25, 0.3) is 0 Å². The second-order valence-electron chi connectivity index (χ2n) is 3.44. The maximum atomic E-state index is 11.9. The van der Waals surface area contributed by atoms with Gasteiger partial charge in [-0.25, -0.2) is 19.3 Å². The van der Waals surface area contributed by atoms with Crippen molar-refractivity contribution in [3.63, 3.8) is 0 Å². The van der Waals surface area contributed by atoms with Gasteiger partial charge in [0.1, 0.15) is 0 Å². The van der Waals surface area contributed by atoms with Crippen molar-refractivity contribution in [3.8, 4) is 0 Å². The molecule has 0 saturated carbocycles. The van der Waals surface area contributed by atoms with Gasteiger partial charge in [0, 0.05) is 18.1 Å². The lowest BCUT2D eigenvalue weighted by Crippen LogP contribution is -2.33. The minimum Gasteiger partial charge on any atom is -0.399 e. The molecule has 0 aliphatic carbocycles. The van der Waals surface area contributed by atoms with Crippen LogP contribution in [0.3, 0.4) is 0 Å². The Labute approximate surface area is 103 Å². The summed E-state index contributed by atoms with van der Waals surface area (Å²) in [7, 11) is -3.84. The van der Waals surface area contributed by atoms with Gasteiger partial charge in [0.05, 0.1) is 4.90 Å². The van der Waals surface area contributed by atoms with Gasteiger partial charge in [-0.2, -0.15) is 8.42 Å². The number of sulfonamides is 1. The van der Waals surface area contributed by atoms with E-state index >= 15 is 0 Å². The highest BCUT2D eigenvalue weighted by molar-refractivity contribution is 7.92. The summed E-state index contributed by atoms with van der Waals surface area (Å²) in [5, 5.41) is 0. The van der Waals surface area contributed by atoms with E-state index in [-0.39, 0.29) is 4.90 Å². The fraction of sp³-hybridized carbons (Fsp3) is 0. The Kier molecular flexibility index (Phi) is 3.02. The van der Waals surface area contributed by atoms with E-state index in [9.17, 15) is 13.2 Å². The molecule has 8 heteroatoms. The molecular formula is C10H10N4O3S. The molecule has 0 amide bonds. The van der Waals surface area contributed by atoms with Crippen LogP contribution in [0.4, 0.5) is 5.69 Å². The Balaban J connectivity index is 2.36. The van der Waals surface area contributed by atoms with Crippen LogP contribution < -0.4 is 16.3 Å². The molecule has 0 bridgehead atoms. The van der Waals surface area contributed by atoms with E-state index in [1.165, 1.54) is 42.7 Å². The monoisotopic (exact) mass is 266 g/mol. The molecule has 0 saturated heterocycles. The molecule has 0 unspecified atom stereocenters. The zero-order chi connectivity index (χ0) is 13.2. The third-order valence-corrected chi connectivity index (χ3v) is 3.45. The van der Waals surface area contributed by atoms with Gasteiger partial charge in [0.15, 0.2) is 0 Å². The van der Waals surface area contributed by atoms with E-state index in [0.29, 0.717) is 5.69 Å². The second-order valence-corrected chi connectivity index (χ2v) is 5.10. The molecular weight excluding hydrogens is 256 g/mol. The van der Waals surface area contributed by atoms with E-state index in [4.69, 9.17) is 5.73 Å². The van der Waals surface area contributed by atoms with Crippen LogP contribution in [-0.4, -0.2) is 18.1 Å². The van der Waals surface area contributed by atoms with Crippen molar-refractivity contribution in [2.45, 2.75) is 4.90 Å². The smallest absolute Gasteiger partial charge is 0.366 e. The Morgan fingerprint density at radius 2 is 1.89 bits per heavy atom. The van der Waals surface area contributed by atoms with Crippen LogP contribution >= 0.6 is 0 Å². The summed E-state index contributed by atoms with van der Waals surface area (Å²) in [6, 6.07) is 7.05. The Hall–Kier alpha value is -2.35. The molecule has 0 spiro atoms. The van der Waals surface area contributed by atoms with Crippen molar-refractivity contribution in [2.75, 3.05) is 10.6 Å². The van der Waals surface area contributed by atoms with Crippen LogP contribution in [0.2, 0.25) is 0 Å². The number of benzene rings is 1. The highest BCUT2D eigenvalue weighted by atomic mass is 32.2. The molecule has 18 heavy (non-hydrogen) atoms. The van der Waals surface area contributed by atoms with Crippen LogP contribution in [0.1, 0.15) is 0 Å². The highest BCUT2D eigenvalue weighted by Gasteiger charge is 2.14. The van der Waals surface area contributed by atoms with E-state index < -0.39 is 15.7 Å². The number of hydrogen-bond acceptors (Lipinski definition) is 5. The quantitative estimate of drug-likeness (QED) is 0.745. The van der Waals surface area contributed by atoms with Gasteiger partial charge in [-0.05, 0) is 30.3 Å². The van der Waals surface area contributed by atoms with Crippen molar-refractivity contribution < 1.29 is 8.42 Å². The molecule has 1 aromatic carbocycles. The molecule has 0 aliphatic rings. The zero-order valence-electron chi connectivity index (χ0n) is 9.15. The summed E-state index contributed by atoms with van der Waals surface area (Å²) in [6.45, 7) is 0. The summed E-state index contributed by atoms with van der Waals surface area (Å²) in [5.74, 6) is 0. The maximum Gasteiger partial charge on any atom is 0.366 e. The topological polar surface area (TPSA) is 107 Å². The predicted molar refractivity (Wildman–Crippen MR) is 65.9 cm³/mol. The Morgan fingerprint density at radius 3 is 2.50 bits per heavy atom.